The van der Waals surface area contributed by atoms with Crippen molar-refractivity contribution < 1.29 is 14.3 Å². The highest BCUT2D eigenvalue weighted by Crippen LogP contribution is 2.34. The summed E-state index contributed by atoms with van der Waals surface area (Å²) in [6.45, 7) is 8.80. The Hall–Kier alpha value is -2.92. The lowest BCUT2D eigenvalue weighted by atomic mass is 9.91. The molecule has 2 atom stereocenters. The van der Waals surface area contributed by atoms with E-state index in [2.05, 4.69) is 33.6 Å². The molecule has 0 aromatic carbocycles. The number of amides is 1. The number of likely N-dealkylation sites (N-methyl/N-ethyl adjacent to an activating group) is 1. The predicted molar refractivity (Wildman–Crippen MR) is 116 cm³/mol. The minimum absolute atomic E-state index is 0.189. The second kappa shape index (κ2) is 11.3. The van der Waals surface area contributed by atoms with E-state index in [1.807, 2.05) is 43.3 Å². The van der Waals surface area contributed by atoms with Crippen LogP contribution in [0, 0.1) is 24.2 Å². The molecule has 30 heavy (non-hydrogen) atoms. The third-order valence-electron chi connectivity index (χ3n) is 5.41. The number of fused-ring (bicyclic) bond motifs is 1. The Morgan fingerprint density at radius 1 is 1.53 bits per heavy atom. The number of pyridine rings is 1. The highest BCUT2D eigenvalue weighted by Gasteiger charge is 2.34. The molecule has 162 valence electrons. The van der Waals surface area contributed by atoms with Gasteiger partial charge >= 0.3 is 0 Å². The summed E-state index contributed by atoms with van der Waals surface area (Å²) < 4.78 is 4.17. The number of nitrogens with zero attached hydrogens (tertiary/aromatic N) is 4. The molecule has 2 aromatic rings. The van der Waals surface area contributed by atoms with Crippen molar-refractivity contribution in [3.05, 3.63) is 24.0 Å². The fraction of sp³-hybridized carbons (Fsp3) is 0.545. The molecule has 8 nitrogen and oxygen atoms in total. The SMILES string of the molecule is CCC(=O)N(c1c(C)cnc2[nH]ccc12)C1CN(C)CCC1C.N#CCCOC=O. The topological polar surface area (TPSA) is 102 Å². The minimum Gasteiger partial charge on any atom is -0.467 e. The Kier molecular flexibility index (Phi) is 8.81. The maximum atomic E-state index is 12.9. The van der Waals surface area contributed by atoms with Crippen molar-refractivity contribution in [2.45, 2.75) is 46.1 Å². The number of ether oxygens (including phenoxy) is 1. The number of aromatic amines is 1. The van der Waals surface area contributed by atoms with Gasteiger partial charge in [-0.05, 0) is 44.5 Å². The van der Waals surface area contributed by atoms with E-state index in [1.54, 1.807) is 0 Å². The number of anilines is 1. The molecule has 2 aromatic heterocycles. The predicted octanol–water partition coefficient (Wildman–Crippen LogP) is 3.03. The van der Waals surface area contributed by atoms with E-state index in [0.29, 0.717) is 18.8 Å². The van der Waals surface area contributed by atoms with Gasteiger partial charge in [0, 0.05) is 30.7 Å². The van der Waals surface area contributed by atoms with Crippen molar-refractivity contribution in [1.29, 1.82) is 5.26 Å². The maximum Gasteiger partial charge on any atom is 0.293 e. The number of aryl methyl sites for hydroxylation is 1. The van der Waals surface area contributed by atoms with Gasteiger partial charge in [-0.15, -0.1) is 0 Å². The molecule has 0 bridgehead atoms. The molecule has 3 heterocycles. The number of H-pyrrole nitrogens is 1. The van der Waals surface area contributed by atoms with E-state index >= 15 is 0 Å². The minimum atomic E-state index is 0.189. The van der Waals surface area contributed by atoms with Crippen molar-refractivity contribution in [2.24, 2.45) is 5.92 Å². The van der Waals surface area contributed by atoms with Crippen LogP contribution in [0.25, 0.3) is 11.0 Å². The van der Waals surface area contributed by atoms with Crippen molar-refractivity contribution in [3.8, 4) is 6.07 Å². The third kappa shape index (κ3) is 5.57. The molecule has 1 N–H and O–H groups in total. The van der Waals surface area contributed by atoms with Gasteiger partial charge in [-0.2, -0.15) is 5.26 Å². The normalized spacial score (nSPS) is 18.8. The van der Waals surface area contributed by atoms with Gasteiger partial charge in [0.05, 0.1) is 24.2 Å². The lowest BCUT2D eigenvalue weighted by molar-refractivity contribution is -0.128. The number of likely N-dealkylation sites (tertiary alicyclic amines) is 1. The first-order chi connectivity index (χ1) is 14.4. The molecule has 1 aliphatic rings. The number of carbonyl (C=O) groups excluding carboxylic acids is 2. The molecule has 0 saturated carbocycles. The van der Waals surface area contributed by atoms with Crippen LogP contribution in [0.15, 0.2) is 18.5 Å². The average Bonchev–Trinajstić information content (AvgIpc) is 3.21. The number of nitrogens with one attached hydrogen (secondary N) is 1. The fourth-order valence-corrected chi connectivity index (χ4v) is 3.75. The zero-order chi connectivity index (χ0) is 22.1. The van der Waals surface area contributed by atoms with Crippen LogP contribution in [0.5, 0.6) is 0 Å². The highest BCUT2D eigenvalue weighted by molar-refractivity contribution is 6.03. The summed E-state index contributed by atoms with van der Waals surface area (Å²) in [5.41, 5.74) is 2.92. The van der Waals surface area contributed by atoms with Gasteiger partial charge in [-0.25, -0.2) is 4.98 Å². The van der Waals surface area contributed by atoms with Crippen molar-refractivity contribution in [3.63, 3.8) is 0 Å². The second-order valence-electron chi connectivity index (χ2n) is 7.62. The van der Waals surface area contributed by atoms with Crippen LogP contribution in [0.2, 0.25) is 0 Å². The molecule has 1 fully saturated rings. The summed E-state index contributed by atoms with van der Waals surface area (Å²) in [7, 11) is 2.14. The van der Waals surface area contributed by atoms with Crippen molar-refractivity contribution >= 4 is 29.1 Å². The summed E-state index contributed by atoms with van der Waals surface area (Å²) in [6.07, 6.45) is 5.67. The molecule has 1 saturated heterocycles. The Bertz CT molecular complexity index is 889. The fourth-order valence-electron chi connectivity index (χ4n) is 3.75. The van der Waals surface area contributed by atoms with Crippen LogP contribution in [-0.4, -0.2) is 60.0 Å². The number of piperidine rings is 1. The van der Waals surface area contributed by atoms with Crippen LogP contribution in [0.4, 0.5) is 5.69 Å². The molecule has 8 heteroatoms. The van der Waals surface area contributed by atoms with E-state index in [9.17, 15) is 9.59 Å². The first-order valence-corrected chi connectivity index (χ1v) is 10.3. The molecule has 0 aliphatic carbocycles. The van der Waals surface area contributed by atoms with E-state index in [0.717, 1.165) is 41.8 Å². The zero-order valence-corrected chi connectivity index (χ0v) is 18.2. The third-order valence-corrected chi connectivity index (χ3v) is 5.41. The zero-order valence-electron chi connectivity index (χ0n) is 18.2. The quantitative estimate of drug-likeness (QED) is 0.577. The molecule has 1 amide bonds. The number of aromatic nitrogens is 2. The van der Waals surface area contributed by atoms with Crippen LogP contribution in [0.1, 0.15) is 38.7 Å². The smallest absolute Gasteiger partial charge is 0.293 e. The van der Waals surface area contributed by atoms with Crippen LogP contribution in [0.3, 0.4) is 0 Å². The van der Waals surface area contributed by atoms with Gasteiger partial charge in [0.15, 0.2) is 0 Å². The molecular formula is C22H31N5O3. The largest absolute Gasteiger partial charge is 0.467 e. The molecule has 3 rings (SSSR count). The monoisotopic (exact) mass is 413 g/mol. The van der Waals surface area contributed by atoms with Crippen molar-refractivity contribution in [1.82, 2.24) is 14.9 Å². The van der Waals surface area contributed by atoms with Gasteiger partial charge in [0.2, 0.25) is 5.91 Å². The van der Waals surface area contributed by atoms with Gasteiger partial charge in [-0.1, -0.05) is 13.8 Å². The van der Waals surface area contributed by atoms with Crippen molar-refractivity contribution in [2.75, 3.05) is 31.6 Å². The Balaban J connectivity index is 0.000000396. The lowest BCUT2D eigenvalue weighted by Crippen LogP contribution is -2.53. The van der Waals surface area contributed by atoms with Gasteiger partial charge < -0.3 is 19.5 Å². The molecule has 0 radical (unpaired) electrons. The number of hydrogen-bond acceptors (Lipinski definition) is 6. The first-order valence-electron chi connectivity index (χ1n) is 10.3. The van der Waals surface area contributed by atoms with Crippen LogP contribution < -0.4 is 4.90 Å². The first kappa shape index (κ1) is 23.4. The summed E-state index contributed by atoms with van der Waals surface area (Å²) in [6, 6.07) is 4.05. The van der Waals surface area contributed by atoms with E-state index in [-0.39, 0.29) is 25.0 Å². The number of rotatable bonds is 6. The standard InChI is InChI=1S/C18H26N4O.C4H5NO2/c1-5-16(23)22(15-11-21(4)9-7-12(15)2)17-13(3)10-20-18-14(17)6-8-19-18;5-2-1-3-7-4-6/h6,8,10,12,15H,5,7,9,11H2,1-4H3,(H,19,20);4H,1,3H2. The van der Waals surface area contributed by atoms with Crippen LogP contribution in [-0.2, 0) is 14.3 Å². The van der Waals surface area contributed by atoms with E-state index in [1.165, 1.54) is 0 Å². The molecular weight excluding hydrogens is 382 g/mol. The number of hydrogen-bond donors (Lipinski definition) is 1. The summed E-state index contributed by atoms with van der Waals surface area (Å²) in [5.74, 6) is 0.678. The average molecular weight is 414 g/mol. The summed E-state index contributed by atoms with van der Waals surface area (Å²) >= 11 is 0. The Morgan fingerprint density at radius 3 is 2.97 bits per heavy atom. The van der Waals surface area contributed by atoms with E-state index < -0.39 is 0 Å². The van der Waals surface area contributed by atoms with Gasteiger partial charge in [0.1, 0.15) is 12.3 Å². The maximum absolute atomic E-state index is 12.9. The number of nitriles is 1. The van der Waals surface area contributed by atoms with Crippen LogP contribution >= 0.6 is 0 Å². The highest BCUT2D eigenvalue weighted by atomic mass is 16.5. The number of carbonyl (C=O) groups is 2. The molecule has 1 aliphatic heterocycles. The summed E-state index contributed by atoms with van der Waals surface area (Å²) in [4.78, 5) is 34.2. The van der Waals surface area contributed by atoms with E-state index in [4.69, 9.17) is 5.26 Å². The Labute approximate surface area is 177 Å². The lowest BCUT2D eigenvalue weighted by Gasteiger charge is -2.42. The molecule has 0 spiro atoms. The van der Waals surface area contributed by atoms with Gasteiger partial charge in [0.25, 0.3) is 6.47 Å². The van der Waals surface area contributed by atoms with Gasteiger partial charge in [-0.3, -0.25) is 9.59 Å². The molecule has 2 unspecified atom stereocenters. The Morgan fingerprint density at radius 2 is 2.30 bits per heavy atom. The second-order valence-corrected chi connectivity index (χ2v) is 7.62. The summed E-state index contributed by atoms with van der Waals surface area (Å²) in [5, 5.41) is 8.88.